The Bertz CT molecular complexity index is 517. The maximum absolute atomic E-state index is 12.8. The predicted molar refractivity (Wildman–Crippen MR) is 84.9 cm³/mol. The molecule has 1 aromatic rings. The van der Waals surface area contributed by atoms with Crippen LogP contribution in [-0.4, -0.2) is 28.8 Å². The van der Waals surface area contributed by atoms with Crippen molar-refractivity contribution in [2.24, 2.45) is 11.3 Å². The van der Waals surface area contributed by atoms with Crippen molar-refractivity contribution in [3.63, 3.8) is 0 Å². The molecule has 116 valence electrons. The zero-order valence-corrected chi connectivity index (χ0v) is 14.2. The van der Waals surface area contributed by atoms with Gasteiger partial charge in [-0.25, -0.2) is 0 Å². The second-order valence-electron chi connectivity index (χ2n) is 7.04. The van der Waals surface area contributed by atoms with Gasteiger partial charge in [0.25, 0.3) is 0 Å². The summed E-state index contributed by atoms with van der Waals surface area (Å²) < 4.78 is 0. The Morgan fingerprint density at radius 1 is 1.33 bits per heavy atom. The number of hydrogen-bond acceptors (Lipinski definition) is 3. The number of amides is 2. The lowest BCUT2D eigenvalue weighted by Gasteiger charge is -2.45. The van der Waals surface area contributed by atoms with E-state index in [1.807, 2.05) is 52.1 Å². The number of nitrogens with zero attached hydrogens (tertiary/aromatic N) is 1. The van der Waals surface area contributed by atoms with Crippen molar-refractivity contribution >= 4 is 23.2 Å². The first-order valence-corrected chi connectivity index (χ1v) is 8.23. The minimum absolute atomic E-state index is 0.0259. The first-order chi connectivity index (χ1) is 9.71. The fourth-order valence-corrected chi connectivity index (χ4v) is 3.50. The first kappa shape index (κ1) is 16.0. The molecule has 1 aliphatic rings. The number of piperazine rings is 1. The Morgan fingerprint density at radius 3 is 2.48 bits per heavy atom. The third kappa shape index (κ3) is 3.28. The number of nitrogens with one attached hydrogen (secondary N) is 1. The lowest BCUT2D eigenvalue weighted by Crippen LogP contribution is -2.67. The highest BCUT2D eigenvalue weighted by molar-refractivity contribution is 7.09. The van der Waals surface area contributed by atoms with Crippen molar-refractivity contribution in [2.75, 3.05) is 0 Å². The summed E-state index contributed by atoms with van der Waals surface area (Å²) in [6, 6.07) is 3.13. The highest BCUT2D eigenvalue weighted by Gasteiger charge is 2.46. The van der Waals surface area contributed by atoms with Crippen molar-refractivity contribution < 1.29 is 9.59 Å². The molecule has 2 amide bonds. The van der Waals surface area contributed by atoms with Crippen molar-refractivity contribution in [2.45, 2.75) is 53.2 Å². The summed E-state index contributed by atoms with van der Waals surface area (Å²) in [4.78, 5) is 28.2. The minimum Gasteiger partial charge on any atom is -0.342 e. The van der Waals surface area contributed by atoms with E-state index in [1.165, 1.54) is 0 Å². The third-order valence-electron chi connectivity index (χ3n) is 3.80. The van der Waals surface area contributed by atoms with Crippen LogP contribution in [0.25, 0.3) is 0 Å². The second-order valence-corrected chi connectivity index (χ2v) is 8.08. The minimum atomic E-state index is -0.429. The summed E-state index contributed by atoms with van der Waals surface area (Å²) in [5.41, 5.74) is -0.293. The molecule has 2 heterocycles. The van der Waals surface area contributed by atoms with E-state index in [4.69, 9.17) is 0 Å². The summed E-state index contributed by atoms with van der Waals surface area (Å²) in [5, 5.41) is 4.90. The van der Waals surface area contributed by atoms with E-state index in [0.29, 0.717) is 6.54 Å². The first-order valence-electron chi connectivity index (χ1n) is 7.35. The maximum atomic E-state index is 12.8. The van der Waals surface area contributed by atoms with E-state index >= 15 is 0 Å². The fourth-order valence-electron chi connectivity index (χ4n) is 2.79. The van der Waals surface area contributed by atoms with Gasteiger partial charge in [0.05, 0.1) is 6.54 Å². The molecule has 0 spiro atoms. The standard InChI is InChI=1S/C16H24N2O2S/c1-10(2)12-15(20)18(9-11-7-6-8-21-11)13(14(19)17-12)16(3,4)5/h6-8,10,12-13H,9H2,1-5H3,(H,17,19). The summed E-state index contributed by atoms with van der Waals surface area (Å²) >= 11 is 1.62. The molecule has 0 bridgehead atoms. The van der Waals surface area contributed by atoms with Gasteiger partial charge in [0.2, 0.25) is 11.8 Å². The van der Waals surface area contributed by atoms with Crippen molar-refractivity contribution in [1.82, 2.24) is 10.2 Å². The molecule has 2 rings (SSSR count). The molecule has 21 heavy (non-hydrogen) atoms. The highest BCUT2D eigenvalue weighted by Crippen LogP contribution is 2.31. The number of rotatable bonds is 3. The molecule has 5 heteroatoms. The van der Waals surface area contributed by atoms with Gasteiger partial charge in [0, 0.05) is 4.88 Å². The number of thiophene rings is 1. The largest absolute Gasteiger partial charge is 0.342 e. The van der Waals surface area contributed by atoms with E-state index < -0.39 is 12.1 Å². The normalized spacial score (nSPS) is 23.6. The topological polar surface area (TPSA) is 49.4 Å². The molecule has 1 aromatic heterocycles. The van der Waals surface area contributed by atoms with Gasteiger partial charge in [-0.2, -0.15) is 0 Å². The average Bonchev–Trinajstić information content (AvgIpc) is 2.84. The zero-order valence-electron chi connectivity index (χ0n) is 13.3. The molecular weight excluding hydrogens is 284 g/mol. The Morgan fingerprint density at radius 2 is 2.00 bits per heavy atom. The SMILES string of the molecule is CC(C)C1NC(=O)C(C(C)(C)C)N(Cc2cccs2)C1=O. The molecule has 1 saturated heterocycles. The van der Waals surface area contributed by atoms with Crippen LogP contribution in [0.4, 0.5) is 0 Å². The molecule has 2 atom stereocenters. The van der Waals surface area contributed by atoms with E-state index in [0.717, 1.165) is 4.88 Å². The van der Waals surface area contributed by atoms with Gasteiger partial charge in [-0.1, -0.05) is 40.7 Å². The summed E-state index contributed by atoms with van der Waals surface area (Å²) in [6.07, 6.45) is 0. The highest BCUT2D eigenvalue weighted by atomic mass is 32.1. The Kier molecular flexibility index (Phi) is 4.42. The van der Waals surface area contributed by atoms with Gasteiger partial charge in [0.1, 0.15) is 12.1 Å². The molecule has 4 nitrogen and oxygen atoms in total. The van der Waals surface area contributed by atoms with Crippen LogP contribution in [0.1, 0.15) is 39.5 Å². The van der Waals surface area contributed by atoms with Gasteiger partial charge in [-0.05, 0) is 22.8 Å². The molecular formula is C16H24N2O2S. The molecule has 1 aliphatic heterocycles. The molecule has 0 aliphatic carbocycles. The van der Waals surface area contributed by atoms with Crippen LogP contribution in [0.15, 0.2) is 17.5 Å². The van der Waals surface area contributed by atoms with Crippen molar-refractivity contribution in [1.29, 1.82) is 0 Å². The van der Waals surface area contributed by atoms with Gasteiger partial charge in [-0.15, -0.1) is 11.3 Å². The van der Waals surface area contributed by atoms with Crippen LogP contribution in [0, 0.1) is 11.3 Å². The van der Waals surface area contributed by atoms with Gasteiger partial charge < -0.3 is 10.2 Å². The molecule has 0 radical (unpaired) electrons. The van der Waals surface area contributed by atoms with E-state index in [9.17, 15) is 9.59 Å². The maximum Gasteiger partial charge on any atom is 0.246 e. The Balaban J connectivity index is 2.35. The van der Waals surface area contributed by atoms with Crippen LogP contribution in [0.2, 0.25) is 0 Å². The van der Waals surface area contributed by atoms with Gasteiger partial charge >= 0.3 is 0 Å². The fraction of sp³-hybridized carbons (Fsp3) is 0.625. The number of hydrogen-bond donors (Lipinski definition) is 1. The van der Waals surface area contributed by atoms with Crippen LogP contribution < -0.4 is 5.32 Å². The van der Waals surface area contributed by atoms with Crippen molar-refractivity contribution in [3.8, 4) is 0 Å². The van der Waals surface area contributed by atoms with Crippen molar-refractivity contribution in [3.05, 3.63) is 22.4 Å². The zero-order chi connectivity index (χ0) is 15.8. The van der Waals surface area contributed by atoms with Gasteiger partial charge in [0.15, 0.2) is 0 Å². The summed E-state index contributed by atoms with van der Waals surface area (Å²) in [7, 11) is 0. The van der Waals surface area contributed by atoms with Crippen LogP contribution in [-0.2, 0) is 16.1 Å². The molecule has 1 N–H and O–H groups in total. The lowest BCUT2D eigenvalue weighted by atomic mass is 9.82. The quantitative estimate of drug-likeness (QED) is 0.933. The van der Waals surface area contributed by atoms with Crippen LogP contribution in [0.5, 0.6) is 0 Å². The molecule has 0 aromatic carbocycles. The van der Waals surface area contributed by atoms with E-state index in [2.05, 4.69) is 5.32 Å². The Labute approximate surface area is 130 Å². The summed E-state index contributed by atoms with van der Waals surface area (Å²) in [6.45, 7) is 10.4. The molecule has 2 unspecified atom stereocenters. The molecule has 1 fully saturated rings. The second kappa shape index (κ2) is 5.79. The van der Waals surface area contributed by atoms with Crippen LogP contribution >= 0.6 is 11.3 Å². The molecule has 0 saturated carbocycles. The smallest absolute Gasteiger partial charge is 0.246 e. The summed E-state index contributed by atoms with van der Waals surface area (Å²) in [5.74, 6) is 0.0727. The van der Waals surface area contributed by atoms with E-state index in [1.54, 1.807) is 16.2 Å². The number of carbonyl (C=O) groups excluding carboxylic acids is 2. The van der Waals surface area contributed by atoms with E-state index in [-0.39, 0.29) is 23.1 Å². The average molecular weight is 308 g/mol. The monoisotopic (exact) mass is 308 g/mol. The lowest BCUT2D eigenvalue weighted by molar-refractivity contribution is -0.155. The predicted octanol–water partition coefficient (Wildman–Crippen LogP) is 2.65. The Hall–Kier alpha value is -1.36. The van der Waals surface area contributed by atoms with Gasteiger partial charge in [-0.3, -0.25) is 9.59 Å². The third-order valence-corrected chi connectivity index (χ3v) is 4.66. The van der Waals surface area contributed by atoms with Crippen LogP contribution in [0.3, 0.4) is 0 Å². The number of carbonyl (C=O) groups is 2.